The largest absolute Gasteiger partial charge is 0.389 e. The lowest BCUT2D eigenvalue weighted by molar-refractivity contribution is 0.618. The Morgan fingerprint density at radius 2 is 2.25 bits per heavy atom. The normalized spacial score (nSPS) is 10.5. The Bertz CT molecular complexity index is 363. The Balaban J connectivity index is 3.04. The van der Waals surface area contributed by atoms with Crippen molar-refractivity contribution in [2.75, 3.05) is 18.0 Å². The maximum Gasteiger partial charge on any atom is 0.106 e. The van der Waals surface area contributed by atoms with Crippen LogP contribution in [-0.4, -0.2) is 23.1 Å². The molecule has 0 amide bonds. The van der Waals surface area contributed by atoms with Crippen LogP contribution in [0.5, 0.6) is 0 Å². The third kappa shape index (κ3) is 3.17. The molecule has 0 aliphatic heterocycles. The van der Waals surface area contributed by atoms with Crippen molar-refractivity contribution in [1.29, 1.82) is 0 Å². The quantitative estimate of drug-likeness (QED) is 0.797. The van der Waals surface area contributed by atoms with Crippen LogP contribution >= 0.6 is 12.2 Å². The van der Waals surface area contributed by atoms with E-state index < -0.39 is 0 Å². The van der Waals surface area contributed by atoms with Gasteiger partial charge in [0.25, 0.3) is 0 Å². The smallest absolute Gasteiger partial charge is 0.106 e. The number of nitrogens with zero attached hydrogens (tertiary/aromatic N) is 2. The SMILES string of the molecule is CCN(CC(C)C)c1cnccc1C(N)=S. The van der Waals surface area contributed by atoms with Crippen molar-refractivity contribution < 1.29 is 0 Å². The maximum atomic E-state index is 5.71. The van der Waals surface area contributed by atoms with Crippen LogP contribution < -0.4 is 10.6 Å². The second-order valence-corrected chi connectivity index (χ2v) is 4.63. The highest BCUT2D eigenvalue weighted by Crippen LogP contribution is 2.19. The molecule has 0 aliphatic rings. The van der Waals surface area contributed by atoms with E-state index in [0.717, 1.165) is 24.3 Å². The van der Waals surface area contributed by atoms with Crippen LogP contribution in [0, 0.1) is 5.92 Å². The van der Waals surface area contributed by atoms with Gasteiger partial charge in [-0.2, -0.15) is 0 Å². The van der Waals surface area contributed by atoms with Gasteiger partial charge in [-0.15, -0.1) is 0 Å². The zero-order valence-corrected chi connectivity index (χ0v) is 10.9. The minimum absolute atomic E-state index is 0.430. The summed E-state index contributed by atoms with van der Waals surface area (Å²) in [5, 5.41) is 0. The van der Waals surface area contributed by atoms with Crippen molar-refractivity contribution in [2.45, 2.75) is 20.8 Å². The molecule has 0 aromatic carbocycles. The van der Waals surface area contributed by atoms with Crippen LogP contribution in [-0.2, 0) is 0 Å². The number of pyridine rings is 1. The second kappa shape index (κ2) is 5.80. The first kappa shape index (κ1) is 12.9. The standard InChI is InChI=1S/C12H19N3S/c1-4-15(8-9(2)3)11-7-14-6-5-10(11)12(13)16/h5-7,9H,4,8H2,1-3H3,(H2,13,16). The van der Waals surface area contributed by atoms with Gasteiger partial charge in [-0.05, 0) is 18.9 Å². The molecule has 4 heteroatoms. The Morgan fingerprint density at radius 3 is 2.75 bits per heavy atom. The van der Waals surface area contributed by atoms with Crippen molar-refractivity contribution in [1.82, 2.24) is 4.98 Å². The number of anilines is 1. The molecule has 0 fully saturated rings. The van der Waals surface area contributed by atoms with Gasteiger partial charge in [-0.25, -0.2) is 0 Å². The highest BCUT2D eigenvalue weighted by Gasteiger charge is 2.12. The Hall–Kier alpha value is -1.16. The summed E-state index contributed by atoms with van der Waals surface area (Å²) in [5.41, 5.74) is 7.66. The molecule has 2 N–H and O–H groups in total. The van der Waals surface area contributed by atoms with Crippen LogP contribution in [0.3, 0.4) is 0 Å². The van der Waals surface area contributed by atoms with Gasteiger partial charge in [0.15, 0.2) is 0 Å². The number of hydrogen-bond acceptors (Lipinski definition) is 3. The Morgan fingerprint density at radius 1 is 1.56 bits per heavy atom. The molecule has 0 atom stereocenters. The van der Waals surface area contributed by atoms with E-state index in [1.54, 1.807) is 6.20 Å². The average Bonchev–Trinajstić information content (AvgIpc) is 2.25. The summed E-state index contributed by atoms with van der Waals surface area (Å²) in [6.45, 7) is 8.43. The van der Waals surface area contributed by atoms with Gasteiger partial charge in [-0.3, -0.25) is 4.98 Å². The fraction of sp³-hybridized carbons (Fsp3) is 0.500. The van der Waals surface area contributed by atoms with Gasteiger partial charge in [-0.1, -0.05) is 26.1 Å². The lowest BCUT2D eigenvalue weighted by Gasteiger charge is -2.26. The van der Waals surface area contributed by atoms with Crippen LogP contribution in [0.15, 0.2) is 18.5 Å². The first-order chi connectivity index (χ1) is 7.56. The third-order valence-corrected chi connectivity index (χ3v) is 2.59. The molecule has 1 aromatic heterocycles. The lowest BCUT2D eigenvalue weighted by atomic mass is 10.1. The van der Waals surface area contributed by atoms with E-state index in [9.17, 15) is 0 Å². The molecule has 3 nitrogen and oxygen atoms in total. The number of hydrogen-bond donors (Lipinski definition) is 1. The van der Waals surface area contributed by atoms with E-state index in [1.807, 2.05) is 12.3 Å². The van der Waals surface area contributed by atoms with Crippen molar-refractivity contribution in [3.05, 3.63) is 24.0 Å². The number of aromatic nitrogens is 1. The summed E-state index contributed by atoms with van der Waals surface area (Å²) in [5.74, 6) is 0.597. The van der Waals surface area contributed by atoms with E-state index in [2.05, 4.69) is 30.7 Å². The van der Waals surface area contributed by atoms with Gasteiger partial charge < -0.3 is 10.6 Å². The van der Waals surface area contributed by atoms with Gasteiger partial charge in [0.1, 0.15) is 4.99 Å². The van der Waals surface area contributed by atoms with Gasteiger partial charge in [0.05, 0.1) is 11.9 Å². The van der Waals surface area contributed by atoms with Crippen molar-refractivity contribution in [3.8, 4) is 0 Å². The number of thiocarbonyl (C=S) groups is 1. The molecule has 0 radical (unpaired) electrons. The summed E-state index contributed by atoms with van der Waals surface area (Å²) in [6.07, 6.45) is 3.56. The third-order valence-electron chi connectivity index (χ3n) is 2.37. The Kier molecular flexibility index (Phi) is 4.68. The van der Waals surface area contributed by atoms with Gasteiger partial charge in [0.2, 0.25) is 0 Å². The van der Waals surface area contributed by atoms with E-state index in [-0.39, 0.29) is 0 Å². The van der Waals surface area contributed by atoms with E-state index in [4.69, 9.17) is 18.0 Å². The van der Waals surface area contributed by atoms with E-state index >= 15 is 0 Å². The van der Waals surface area contributed by atoms with Gasteiger partial charge >= 0.3 is 0 Å². The first-order valence-corrected chi connectivity index (χ1v) is 5.95. The maximum absolute atomic E-state index is 5.71. The van der Waals surface area contributed by atoms with Gasteiger partial charge in [0, 0.05) is 24.8 Å². The second-order valence-electron chi connectivity index (χ2n) is 4.19. The Labute approximate surface area is 103 Å². The summed E-state index contributed by atoms with van der Waals surface area (Å²) in [6, 6.07) is 1.88. The average molecular weight is 237 g/mol. The zero-order chi connectivity index (χ0) is 12.1. The highest BCUT2D eigenvalue weighted by molar-refractivity contribution is 7.80. The zero-order valence-electron chi connectivity index (χ0n) is 10.1. The minimum atomic E-state index is 0.430. The van der Waals surface area contributed by atoms with Crippen molar-refractivity contribution in [3.63, 3.8) is 0 Å². The molecule has 0 spiro atoms. The molecule has 0 saturated carbocycles. The fourth-order valence-corrected chi connectivity index (χ4v) is 1.86. The molecule has 16 heavy (non-hydrogen) atoms. The molecular weight excluding hydrogens is 218 g/mol. The van der Waals surface area contributed by atoms with Crippen LogP contribution in [0.1, 0.15) is 26.3 Å². The van der Waals surface area contributed by atoms with Crippen LogP contribution in [0.4, 0.5) is 5.69 Å². The first-order valence-electron chi connectivity index (χ1n) is 5.55. The molecule has 1 rings (SSSR count). The molecule has 1 heterocycles. The van der Waals surface area contributed by atoms with E-state index in [0.29, 0.717) is 10.9 Å². The topological polar surface area (TPSA) is 42.2 Å². The summed E-state index contributed by atoms with van der Waals surface area (Å²) in [7, 11) is 0. The predicted octanol–water partition coefficient (Wildman–Crippen LogP) is 2.20. The summed E-state index contributed by atoms with van der Waals surface area (Å²) >= 11 is 5.05. The molecule has 0 saturated heterocycles. The molecule has 0 bridgehead atoms. The molecule has 0 unspecified atom stereocenters. The summed E-state index contributed by atoms with van der Waals surface area (Å²) < 4.78 is 0. The molecule has 1 aromatic rings. The highest BCUT2D eigenvalue weighted by atomic mass is 32.1. The fourth-order valence-electron chi connectivity index (χ4n) is 1.69. The molecule has 0 aliphatic carbocycles. The number of nitrogens with two attached hydrogens (primary N) is 1. The molecular formula is C12H19N3S. The lowest BCUT2D eigenvalue weighted by Crippen LogP contribution is -2.29. The van der Waals surface area contributed by atoms with E-state index in [1.165, 1.54) is 0 Å². The summed E-state index contributed by atoms with van der Waals surface area (Å²) in [4.78, 5) is 6.83. The molecule has 88 valence electrons. The van der Waals surface area contributed by atoms with Crippen molar-refractivity contribution in [2.24, 2.45) is 11.7 Å². The predicted molar refractivity (Wildman–Crippen MR) is 72.8 cm³/mol. The number of rotatable bonds is 5. The van der Waals surface area contributed by atoms with Crippen molar-refractivity contribution >= 4 is 22.9 Å². The minimum Gasteiger partial charge on any atom is -0.389 e. The monoisotopic (exact) mass is 237 g/mol. The van der Waals surface area contributed by atoms with Crippen LogP contribution in [0.25, 0.3) is 0 Å². The van der Waals surface area contributed by atoms with Crippen LogP contribution in [0.2, 0.25) is 0 Å².